The zero-order chi connectivity index (χ0) is 21.9. The molecule has 1 aromatic carbocycles. The minimum absolute atomic E-state index is 0. The summed E-state index contributed by atoms with van der Waals surface area (Å²) in [5.74, 6) is 2.48. The highest BCUT2D eigenvalue weighted by atomic mass is 127. The van der Waals surface area contributed by atoms with E-state index in [4.69, 9.17) is 9.47 Å². The molecule has 3 rings (SSSR count). The van der Waals surface area contributed by atoms with Crippen LogP contribution in [-0.4, -0.2) is 51.8 Å². The van der Waals surface area contributed by atoms with Crippen molar-refractivity contribution in [1.82, 2.24) is 16.0 Å². The first-order valence-electron chi connectivity index (χ1n) is 11.7. The number of nitrogens with zero attached hydrogens (tertiary/aromatic N) is 1. The number of benzene rings is 1. The molecule has 1 aliphatic heterocycles. The van der Waals surface area contributed by atoms with Crippen LogP contribution in [0, 0.1) is 18.8 Å². The number of aryl methyl sites for hydroxylation is 1. The maximum Gasteiger partial charge on any atom is 0.223 e. The molecular weight excluding hydrogens is 519 g/mol. The van der Waals surface area contributed by atoms with E-state index in [1.807, 2.05) is 0 Å². The Hall–Kier alpha value is -1.55. The quantitative estimate of drug-likeness (QED) is 0.187. The molecule has 7 nitrogen and oxygen atoms in total. The van der Waals surface area contributed by atoms with Crippen molar-refractivity contribution >= 4 is 35.8 Å². The predicted molar refractivity (Wildman–Crippen MR) is 139 cm³/mol. The third kappa shape index (κ3) is 8.77. The van der Waals surface area contributed by atoms with Crippen molar-refractivity contribution in [3.05, 3.63) is 29.3 Å². The normalized spacial score (nSPS) is 19.2. The van der Waals surface area contributed by atoms with E-state index < -0.39 is 0 Å². The minimum Gasteiger partial charge on any atom is -0.493 e. The Bertz CT molecular complexity index is 732. The van der Waals surface area contributed by atoms with Crippen LogP contribution in [0.2, 0.25) is 0 Å². The third-order valence-corrected chi connectivity index (χ3v) is 6.08. The molecule has 2 fully saturated rings. The largest absolute Gasteiger partial charge is 0.493 e. The van der Waals surface area contributed by atoms with Crippen molar-refractivity contribution in [2.24, 2.45) is 16.8 Å². The van der Waals surface area contributed by atoms with Crippen LogP contribution < -0.4 is 20.7 Å². The van der Waals surface area contributed by atoms with Gasteiger partial charge in [-0.05, 0) is 37.8 Å². The molecule has 1 aliphatic carbocycles. The highest BCUT2D eigenvalue weighted by molar-refractivity contribution is 14.0. The average Bonchev–Trinajstić information content (AvgIpc) is 3.32. The molecule has 1 saturated heterocycles. The van der Waals surface area contributed by atoms with Crippen LogP contribution in [0.1, 0.15) is 49.7 Å². The SMILES string of the molecule is CN=C(NCCNC(=O)C1CCCCC1)NCc1ccc(C)cc1OCC1CCOC1.I. The fraction of sp³-hybridized carbons (Fsp3) is 0.667. The van der Waals surface area contributed by atoms with Gasteiger partial charge in [0.15, 0.2) is 5.96 Å². The van der Waals surface area contributed by atoms with E-state index in [2.05, 4.69) is 46.1 Å². The van der Waals surface area contributed by atoms with Gasteiger partial charge < -0.3 is 25.4 Å². The maximum absolute atomic E-state index is 12.2. The lowest BCUT2D eigenvalue weighted by atomic mass is 9.89. The molecule has 32 heavy (non-hydrogen) atoms. The smallest absolute Gasteiger partial charge is 0.223 e. The van der Waals surface area contributed by atoms with E-state index in [-0.39, 0.29) is 35.8 Å². The number of hydrogen-bond acceptors (Lipinski definition) is 4. The zero-order valence-electron chi connectivity index (χ0n) is 19.5. The lowest BCUT2D eigenvalue weighted by Gasteiger charge is -2.21. The molecule has 0 bridgehead atoms. The van der Waals surface area contributed by atoms with Crippen molar-refractivity contribution in [3.63, 3.8) is 0 Å². The summed E-state index contributed by atoms with van der Waals surface area (Å²) in [6, 6.07) is 6.28. The number of ether oxygens (including phenoxy) is 2. The standard InChI is InChI=1S/C24H38N4O3.HI/c1-18-8-9-21(22(14-18)31-17-19-10-13-30-16-19)15-28-24(25-2)27-12-11-26-23(29)20-6-4-3-5-7-20;/h8-9,14,19-20H,3-7,10-13,15-17H2,1-2H3,(H,26,29)(H2,25,27,28);1H. The first kappa shape index (κ1) is 26.7. The van der Waals surface area contributed by atoms with Crippen LogP contribution in [0.15, 0.2) is 23.2 Å². The predicted octanol–water partition coefficient (Wildman–Crippen LogP) is 3.39. The molecule has 1 amide bonds. The number of guanidine groups is 1. The van der Waals surface area contributed by atoms with Crippen LogP contribution >= 0.6 is 24.0 Å². The Morgan fingerprint density at radius 2 is 1.91 bits per heavy atom. The Kier molecular flexibility index (Phi) is 12.2. The first-order chi connectivity index (χ1) is 15.2. The van der Waals surface area contributed by atoms with Gasteiger partial charge in [-0.3, -0.25) is 9.79 Å². The summed E-state index contributed by atoms with van der Waals surface area (Å²) in [5, 5.41) is 9.67. The summed E-state index contributed by atoms with van der Waals surface area (Å²) in [5.41, 5.74) is 2.27. The molecule has 1 heterocycles. The Balaban J connectivity index is 0.00000363. The molecule has 0 aromatic heterocycles. The molecule has 0 radical (unpaired) electrons. The number of amides is 1. The van der Waals surface area contributed by atoms with Crippen LogP contribution in [-0.2, 0) is 16.1 Å². The number of halogens is 1. The Labute approximate surface area is 209 Å². The topological polar surface area (TPSA) is 84.0 Å². The first-order valence-corrected chi connectivity index (χ1v) is 11.7. The molecule has 1 unspecified atom stereocenters. The van der Waals surface area contributed by atoms with E-state index >= 15 is 0 Å². The second-order valence-corrected chi connectivity index (χ2v) is 8.63. The highest BCUT2D eigenvalue weighted by Crippen LogP contribution is 2.24. The Morgan fingerprint density at radius 3 is 2.62 bits per heavy atom. The second-order valence-electron chi connectivity index (χ2n) is 8.63. The van der Waals surface area contributed by atoms with Crippen molar-refractivity contribution in [2.45, 2.75) is 52.0 Å². The summed E-state index contributed by atoms with van der Waals surface area (Å²) in [6.07, 6.45) is 6.72. The van der Waals surface area contributed by atoms with Crippen LogP contribution in [0.5, 0.6) is 5.75 Å². The van der Waals surface area contributed by atoms with E-state index in [9.17, 15) is 4.79 Å². The minimum atomic E-state index is 0. The van der Waals surface area contributed by atoms with Crippen LogP contribution in [0.25, 0.3) is 0 Å². The van der Waals surface area contributed by atoms with E-state index in [0.29, 0.717) is 38.1 Å². The van der Waals surface area contributed by atoms with Gasteiger partial charge in [-0.1, -0.05) is 31.4 Å². The lowest BCUT2D eigenvalue weighted by Crippen LogP contribution is -2.42. The summed E-state index contributed by atoms with van der Waals surface area (Å²) in [7, 11) is 1.75. The van der Waals surface area contributed by atoms with Gasteiger partial charge in [-0.25, -0.2) is 0 Å². The Morgan fingerprint density at radius 1 is 1.12 bits per heavy atom. The van der Waals surface area contributed by atoms with Gasteiger partial charge in [0.25, 0.3) is 0 Å². The maximum atomic E-state index is 12.2. The van der Waals surface area contributed by atoms with E-state index in [1.54, 1.807) is 7.05 Å². The lowest BCUT2D eigenvalue weighted by molar-refractivity contribution is -0.125. The number of carbonyl (C=O) groups excluding carboxylic acids is 1. The molecule has 1 aromatic rings. The molecular formula is C24H39IN4O3. The van der Waals surface area contributed by atoms with Crippen molar-refractivity contribution in [3.8, 4) is 5.75 Å². The summed E-state index contributed by atoms with van der Waals surface area (Å²) in [4.78, 5) is 16.5. The monoisotopic (exact) mass is 558 g/mol. The third-order valence-electron chi connectivity index (χ3n) is 6.08. The van der Waals surface area contributed by atoms with Gasteiger partial charge in [0.2, 0.25) is 5.91 Å². The molecule has 8 heteroatoms. The van der Waals surface area contributed by atoms with E-state index in [1.165, 1.54) is 24.8 Å². The molecule has 3 N–H and O–H groups in total. The van der Waals surface area contributed by atoms with Crippen molar-refractivity contribution < 1.29 is 14.3 Å². The zero-order valence-corrected chi connectivity index (χ0v) is 21.8. The number of rotatable bonds is 9. The van der Waals surface area contributed by atoms with E-state index in [0.717, 1.165) is 43.8 Å². The van der Waals surface area contributed by atoms with Gasteiger partial charge in [-0.15, -0.1) is 24.0 Å². The molecule has 0 spiro atoms. The average molecular weight is 559 g/mol. The van der Waals surface area contributed by atoms with Gasteiger partial charge in [-0.2, -0.15) is 0 Å². The number of aliphatic imine (C=N–C) groups is 1. The summed E-state index contributed by atoms with van der Waals surface area (Å²) >= 11 is 0. The van der Waals surface area contributed by atoms with Gasteiger partial charge in [0.05, 0.1) is 13.2 Å². The molecule has 180 valence electrons. The highest BCUT2D eigenvalue weighted by Gasteiger charge is 2.20. The van der Waals surface area contributed by atoms with Crippen molar-refractivity contribution in [2.75, 3.05) is 40.0 Å². The fourth-order valence-electron chi connectivity index (χ4n) is 4.14. The van der Waals surface area contributed by atoms with Crippen molar-refractivity contribution in [1.29, 1.82) is 0 Å². The van der Waals surface area contributed by atoms with Crippen LogP contribution in [0.3, 0.4) is 0 Å². The molecule has 2 aliphatic rings. The second kappa shape index (κ2) is 14.6. The molecule has 1 saturated carbocycles. The number of hydrogen-bond donors (Lipinski definition) is 3. The summed E-state index contributed by atoms with van der Waals surface area (Å²) in [6.45, 7) is 6.22. The molecule has 1 atom stereocenters. The fourth-order valence-corrected chi connectivity index (χ4v) is 4.14. The van der Waals surface area contributed by atoms with Crippen LogP contribution in [0.4, 0.5) is 0 Å². The van der Waals surface area contributed by atoms with Gasteiger partial charge in [0, 0.05) is 50.7 Å². The summed E-state index contributed by atoms with van der Waals surface area (Å²) < 4.78 is 11.6. The van der Waals surface area contributed by atoms with Gasteiger partial charge >= 0.3 is 0 Å². The number of nitrogens with one attached hydrogen (secondary N) is 3. The van der Waals surface area contributed by atoms with Gasteiger partial charge in [0.1, 0.15) is 5.75 Å². The number of carbonyl (C=O) groups is 1.